The molecule has 2 heterocycles. The number of aldehydes is 1. The fourth-order valence-corrected chi connectivity index (χ4v) is 3.98. The van der Waals surface area contributed by atoms with E-state index < -0.39 is 22.9 Å². The number of nitrogens with one attached hydrogen (secondary N) is 2. The molecule has 0 saturated carbocycles. The maximum atomic E-state index is 14.1. The van der Waals surface area contributed by atoms with Gasteiger partial charge in [-0.3, -0.25) is 19.3 Å². The normalized spacial score (nSPS) is 16.2. The summed E-state index contributed by atoms with van der Waals surface area (Å²) in [6.45, 7) is 21.3. The van der Waals surface area contributed by atoms with E-state index in [9.17, 15) is 31.9 Å². The molecule has 2 atom stereocenters. The van der Waals surface area contributed by atoms with Crippen molar-refractivity contribution in [1.29, 1.82) is 0 Å². The highest BCUT2D eigenvalue weighted by Gasteiger charge is 2.33. The molecule has 0 bridgehead atoms. The van der Waals surface area contributed by atoms with Crippen molar-refractivity contribution >= 4 is 24.1 Å². The predicted octanol–water partition coefficient (Wildman–Crippen LogP) is 6.37. The van der Waals surface area contributed by atoms with Crippen molar-refractivity contribution in [2.75, 3.05) is 51.6 Å². The zero-order valence-electron chi connectivity index (χ0n) is 29.2. The van der Waals surface area contributed by atoms with Gasteiger partial charge in [0, 0.05) is 69.9 Å². The van der Waals surface area contributed by atoms with Crippen molar-refractivity contribution in [3.8, 4) is 0 Å². The van der Waals surface area contributed by atoms with E-state index in [0.717, 1.165) is 42.6 Å². The number of nitrogens with zero attached hydrogens (tertiary/aromatic N) is 3. The van der Waals surface area contributed by atoms with Crippen molar-refractivity contribution in [3.05, 3.63) is 82.2 Å². The number of anilines is 2. The van der Waals surface area contributed by atoms with E-state index in [1.165, 1.54) is 11.0 Å². The Morgan fingerprint density at radius 1 is 1.15 bits per heavy atom. The summed E-state index contributed by atoms with van der Waals surface area (Å²) < 4.78 is 55.4. The first-order valence-electron chi connectivity index (χ1n) is 15.0. The van der Waals surface area contributed by atoms with E-state index in [0.29, 0.717) is 30.3 Å². The number of allylic oxidation sites excluding steroid dienone is 1. The van der Waals surface area contributed by atoms with E-state index in [4.69, 9.17) is 4.74 Å². The van der Waals surface area contributed by atoms with Gasteiger partial charge in [0.05, 0.1) is 22.5 Å². The van der Waals surface area contributed by atoms with Crippen LogP contribution in [0, 0.1) is 5.82 Å². The highest BCUT2D eigenvalue weighted by molar-refractivity contribution is 5.76. The Bertz CT molecular complexity index is 1360. The summed E-state index contributed by atoms with van der Waals surface area (Å²) in [6, 6.07) is 4.92. The molecule has 1 aromatic heterocycles. The lowest BCUT2D eigenvalue weighted by Gasteiger charge is -2.44. The van der Waals surface area contributed by atoms with Gasteiger partial charge in [-0.15, -0.1) is 0 Å². The quantitative estimate of drug-likeness (QED) is 0.201. The van der Waals surface area contributed by atoms with E-state index in [1.807, 2.05) is 45.8 Å². The number of H-pyrrole nitrogens is 1. The molecule has 13 heteroatoms. The van der Waals surface area contributed by atoms with Gasteiger partial charge in [-0.1, -0.05) is 20.1 Å². The number of ether oxygens (including phenoxy) is 1. The summed E-state index contributed by atoms with van der Waals surface area (Å²) in [6.07, 6.45) is -0.976. The molecular weight excluding hydrogens is 618 g/mol. The minimum Gasteiger partial charge on any atom is -0.386 e. The lowest BCUT2D eigenvalue weighted by molar-refractivity contribution is -0.138. The number of aromatic amines is 1. The molecule has 0 spiro atoms. The number of amides is 1. The third kappa shape index (κ3) is 14.6. The Morgan fingerprint density at radius 2 is 1.68 bits per heavy atom. The monoisotopic (exact) mass is 669 g/mol. The van der Waals surface area contributed by atoms with Crippen molar-refractivity contribution in [2.45, 2.75) is 71.8 Å². The maximum absolute atomic E-state index is 14.1. The van der Waals surface area contributed by atoms with Gasteiger partial charge in [0.25, 0.3) is 0 Å². The van der Waals surface area contributed by atoms with Crippen molar-refractivity contribution in [3.63, 3.8) is 0 Å². The lowest BCUT2D eigenvalue weighted by Crippen LogP contribution is -2.55. The molecule has 2 aromatic rings. The first-order chi connectivity index (χ1) is 21.7. The average Bonchev–Trinajstić information content (AvgIpc) is 3.02. The Balaban J connectivity index is 0.000000672. The molecule has 2 unspecified atom stereocenters. The van der Waals surface area contributed by atoms with E-state index in [2.05, 4.69) is 49.2 Å². The van der Waals surface area contributed by atoms with Gasteiger partial charge in [-0.05, 0) is 71.9 Å². The van der Waals surface area contributed by atoms with Crippen molar-refractivity contribution < 1.29 is 31.9 Å². The van der Waals surface area contributed by atoms with Crippen LogP contribution in [0.5, 0.6) is 0 Å². The number of benzene rings is 1. The van der Waals surface area contributed by atoms with Crippen LogP contribution in [0.1, 0.15) is 63.0 Å². The lowest BCUT2D eigenvalue weighted by atomic mass is 10.1. The smallest absolute Gasteiger partial charge is 0.386 e. The van der Waals surface area contributed by atoms with Crippen LogP contribution in [-0.4, -0.2) is 86.5 Å². The summed E-state index contributed by atoms with van der Waals surface area (Å²) in [7, 11) is 7.39. The van der Waals surface area contributed by atoms with Crippen molar-refractivity contribution in [2.24, 2.45) is 0 Å². The number of hydrogen-bond acceptors (Lipinski definition) is 7. The largest absolute Gasteiger partial charge is 0.417 e. The van der Waals surface area contributed by atoms with Crippen LogP contribution in [0.15, 0.2) is 54.1 Å². The van der Waals surface area contributed by atoms with Gasteiger partial charge in [0.15, 0.2) is 6.29 Å². The van der Waals surface area contributed by atoms with Crippen LogP contribution in [0.25, 0.3) is 0 Å². The second-order valence-electron chi connectivity index (χ2n) is 11.8. The second kappa shape index (κ2) is 19.6. The molecule has 2 N–H and O–H groups in total. The third-order valence-corrected chi connectivity index (χ3v) is 7.36. The van der Waals surface area contributed by atoms with Gasteiger partial charge in [-0.2, -0.15) is 13.2 Å². The Kier molecular flexibility index (Phi) is 18.0. The number of aryl methyl sites for hydroxylation is 1. The zero-order chi connectivity index (χ0) is 36.7. The van der Waals surface area contributed by atoms with E-state index in [1.54, 1.807) is 20.2 Å². The Labute approximate surface area is 276 Å². The SMILES string of the molecule is C=CC(=C)N(C)C=O.CCc1cc(NC)c(N2CC(C)N(C)C(C)C2)cc1F.COC(C)(C)C.O=Cc1c[nH]c(=O)cc1C(F)(F)F. The predicted molar refractivity (Wildman–Crippen MR) is 182 cm³/mol. The van der Waals surface area contributed by atoms with Crippen molar-refractivity contribution in [1.82, 2.24) is 14.8 Å². The first-order valence-corrected chi connectivity index (χ1v) is 15.0. The van der Waals surface area contributed by atoms with Crippen LogP contribution < -0.4 is 15.8 Å². The number of likely N-dealkylation sites (N-methyl/N-ethyl adjacent to an activating group) is 2. The Morgan fingerprint density at radius 3 is 2.04 bits per heavy atom. The number of carbonyl (C=O) groups excluding carboxylic acids is 2. The Hall–Kier alpha value is -3.97. The number of rotatable bonds is 7. The molecule has 1 aromatic carbocycles. The van der Waals surface area contributed by atoms with Gasteiger partial charge in [0.2, 0.25) is 12.0 Å². The van der Waals surface area contributed by atoms with Crippen LogP contribution in [-0.2, 0) is 22.1 Å². The highest BCUT2D eigenvalue weighted by Crippen LogP contribution is 2.32. The molecule has 1 fully saturated rings. The van der Waals surface area contributed by atoms with Gasteiger partial charge in [-0.25, -0.2) is 4.39 Å². The average molecular weight is 670 g/mol. The molecule has 0 radical (unpaired) electrons. The fraction of sp³-hybridized carbons (Fsp3) is 0.500. The van der Waals surface area contributed by atoms with Gasteiger partial charge >= 0.3 is 6.18 Å². The number of hydrogen-bond donors (Lipinski definition) is 2. The maximum Gasteiger partial charge on any atom is 0.417 e. The summed E-state index contributed by atoms with van der Waals surface area (Å²) in [5, 5.41) is 3.21. The third-order valence-electron chi connectivity index (χ3n) is 7.36. The summed E-state index contributed by atoms with van der Waals surface area (Å²) in [4.78, 5) is 38.6. The number of alkyl halides is 3. The molecule has 1 aliphatic heterocycles. The molecule has 1 amide bonds. The first kappa shape index (κ1) is 43.0. The van der Waals surface area contributed by atoms with Gasteiger partial charge in [0.1, 0.15) is 5.82 Å². The molecule has 0 aliphatic carbocycles. The number of carbonyl (C=O) groups is 2. The molecule has 9 nitrogen and oxygen atoms in total. The number of methoxy groups -OCH3 is 1. The molecule has 3 rings (SSSR count). The van der Waals surface area contributed by atoms with Gasteiger partial charge < -0.3 is 24.8 Å². The minimum absolute atomic E-state index is 0.0404. The minimum atomic E-state index is -4.68. The second-order valence-corrected chi connectivity index (χ2v) is 11.8. The summed E-state index contributed by atoms with van der Waals surface area (Å²) in [5.41, 5.74) is 0.741. The molecular formula is C34H51F4N5O4. The summed E-state index contributed by atoms with van der Waals surface area (Å²) in [5.74, 6) is -0.0965. The topological polar surface area (TPSA) is 98.0 Å². The van der Waals surface area contributed by atoms with Crippen LogP contribution in [0.2, 0.25) is 0 Å². The number of pyridine rings is 1. The molecule has 264 valence electrons. The number of halogens is 4. The highest BCUT2D eigenvalue weighted by atomic mass is 19.4. The molecule has 1 saturated heterocycles. The zero-order valence-corrected chi connectivity index (χ0v) is 29.2. The van der Waals surface area contributed by atoms with E-state index in [-0.39, 0.29) is 17.7 Å². The molecule has 1 aliphatic rings. The fourth-order valence-electron chi connectivity index (χ4n) is 3.98. The standard InChI is InChI=1S/C16H26FN3.C7H4F3NO2.C6H9NO.C5H12O/c1-6-13-7-15(18-4)16(8-14(13)17)20-9-11(2)19(5)12(3)10-20;8-7(9,10)5-1-6(13)11-2-4(5)3-12;1-4-6(2)7(3)5-8;1-5(2,3)6-4/h7-8,11-12,18H,6,9-10H2,1-5H3;1-3H,(H,11,13);4-5H,1-2H2,3H3;1-4H3. The van der Waals surface area contributed by atoms with E-state index >= 15 is 0 Å². The number of aromatic nitrogens is 1. The molecule has 47 heavy (non-hydrogen) atoms. The summed E-state index contributed by atoms with van der Waals surface area (Å²) >= 11 is 0. The van der Waals surface area contributed by atoms with Crippen LogP contribution in [0.4, 0.5) is 28.9 Å². The van der Waals surface area contributed by atoms with Crippen LogP contribution >= 0.6 is 0 Å². The number of piperazine rings is 1. The van der Waals surface area contributed by atoms with Crippen LogP contribution in [0.3, 0.4) is 0 Å².